The molecule has 12 nitrogen and oxygen atoms in total. The molecule has 1 atom stereocenters. The zero-order chi connectivity index (χ0) is 31.1. The predicted molar refractivity (Wildman–Crippen MR) is 158 cm³/mol. The number of carbonyl (C=O) groups excluding carboxylic acids is 1. The van der Waals surface area contributed by atoms with Crippen LogP contribution in [0.4, 0.5) is 4.39 Å². The molecule has 0 saturated carbocycles. The van der Waals surface area contributed by atoms with Gasteiger partial charge >= 0.3 is 5.69 Å². The number of benzene rings is 3. The number of amidine groups is 1. The number of carbonyl (C=O) groups is 1. The van der Waals surface area contributed by atoms with E-state index in [2.05, 4.69) is 25.4 Å². The molecule has 5 aromatic rings. The van der Waals surface area contributed by atoms with Crippen molar-refractivity contribution in [2.75, 3.05) is 20.3 Å². The standard InChI is InChI=1S/C31H28FN7O5/c1-43-22-17-23(26(32)25(18-22)44-15-14-40)24(28-37-31(42)39(38-28)30-34-12-5-13-35-30)16-19-8-10-20(11-9-19)27(33)36-29(41)21-6-3-2-4-7-21/h2-13,17-18,24,40H,14-16H2,1H3,(H2,33,36,41)(H,37,38,42). The summed E-state index contributed by atoms with van der Waals surface area (Å²) in [6.45, 7) is -0.462. The van der Waals surface area contributed by atoms with Crippen LogP contribution in [0.3, 0.4) is 0 Å². The lowest BCUT2D eigenvalue weighted by Crippen LogP contribution is -2.30. The molecule has 0 radical (unpaired) electrons. The number of aromatic nitrogens is 5. The van der Waals surface area contributed by atoms with Gasteiger partial charge in [0.2, 0.25) is 0 Å². The Morgan fingerprint density at radius 3 is 2.48 bits per heavy atom. The van der Waals surface area contributed by atoms with Crippen molar-refractivity contribution < 1.29 is 23.8 Å². The number of amides is 1. The molecule has 0 saturated heterocycles. The van der Waals surface area contributed by atoms with E-state index in [1.807, 2.05) is 0 Å². The third-order valence-corrected chi connectivity index (χ3v) is 6.66. The maximum Gasteiger partial charge on any atom is 0.350 e. The molecule has 224 valence electrons. The number of methoxy groups -OCH3 is 1. The highest BCUT2D eigenvalue weighted by atomic mass is 19.1. The molecule has 0 aliphatic heterocycles. The van der Waals surface area contributed by atoms with Gasteiger partial charge < -0.3 is 19.9 Å². The average Bonchev–Trinajstić information content (AvgIpc) is 3.45. The van der Waals surface area contributed by atoms with E-state index in [1.54, 1.807) is 60.7 Å². The van der Waals surface area contributed by atoms with Crippen molar-refractivity contribution in [3.8, 4) is 17.4 Å². The summed E-state index contributed by atoms with van der Waals surface area (Å²) in [7, 11) is 1.43. The van der Waals surface area contributed by atoms with Crippen LogP contribution in [0, 0.1) is 11.2 Å². The molecule has 2 aromatic heterocycles. The highest BCUT2D eigenvalue weighted by Crippen LogP contribution is 2.36. The van der Waals surface area contributed by atoms with E-state index in [9.17, 15) is 14.7 Å². The molecular weight excluding hydrogens is 569 g/mol. The molecule has 13 heteroatoms. The van der Waals surface area contributed by atoms with Gasteiger partial charge in [-0.15, -0.1) is 9.78 Å². The van der Waals surface area contributed by atoms with Crippen LogP contribution in [-0.4, -0.2) is 61.9 Å². The van der Waals surface area contributed by atoms with Crippen LogP contribution in [0.15, 0.2) is 90.0 Å². The third kappa shape index (κ3) is 6.68. The van der Waals surface area contributed by atoms with Crippen LogP contribution in [-0.2, 0) is 6.42 Å². The number of hydrogen-bond acceptors (Lipinski definition) is 9. The van der Waals surface area contributed by atoms with Gasteiger partial charge in [0.1, 0.15) is 24.0 Å². The molecule has 0 aliphatic rings. The number of aromatic amines is 1. The molecule has 0 bridgehead atoms. The molecule has 0 fully saturated rings. The Bertz CT molecular complexity index is 1810. The number of ether oxygens (including phenoxy) is 2. The minimum absolute atomic E-state index is 0.0391. The zero-order valence-corrected chi connectivity index (χ0v) is 23.5. The normalized spacial score (nSPS) is 11.5. The second-order valence-corrected chi connectivity index (χ2v) is 9.53. The number of aliphatic hydroxyl groups excluding tert-OH is 1. The van der Waals surface area contributed by atoms with E-state index in [0.717, 1.165) is 4.68 Å². The van der Waals surface area contributed by atoms with Crippen molar-refractivity contribution in [2.45, 2.75) is 12.3 Å². The fraction of sp³-hybridized carbons (Fsp3) is 0.161. The Morgan fingerprint density at radius 2 is 1.80 bits per heavy atom. The highest BCUT2D eigenvalue weighted by Gasteiger charge is 2.27. The lowest BCUT2D eigenvalue weighted by atomic mass is 9.90. The summed E-state index contributed by atoms with van der Waals surface area (Å²) in [6, 6.07) is 19.8. The number of halogens is 1. The van der Waals surface area contributed by atoms with Crippen LogP contribution in [0.2, 0.25) is 0 Å². The van der Waals surface area contributed by atoms with E-state index in [1.165, 1.54) is 31.6 Å². The van der Waals surface area contributed by atoms with Gasteiger partial charge in [0.05, 0.1) is 19.6 Å². The van der Waals surface area contributed by atoms with Crippen LogP contribution < -0.4 is 20.5 Å². The summed E-state index contributed by atoms with van der Waals surface area (Å²) in [5.74, 6) is -1.71. The van der Waals surface area contributed by atoms with E-state index >= 15 is 4.39 Å². The lowest BCUT2D eigenvalue weighted by Gasteiger charge is -2.19. The SMILES string of the molecule is COc1cc(OCCO)c(F)c(C(Cc2ccc(C(=N)NC(=O)c3ccccc3)cc2)c2nn(-c3ncccn3)c(=O)[nH]2)c1. The van der Waals surface area contributed by atoms with Crippen LogP contribution in [0.1, 0.15) is 38.8 Å². The van der Waals surface area contributed by atoms with Crippen molar-refractivity contribution >= 4 is 11.7 Å². The molecule has 1 amide bonds. The Kier molecular flexibility index (Phi) is 9.16. The fourth-order valence-electron chi connectivity index (χ4n) is 4.50. The number of aliphatic hydroxyl groups is 1. The van der Waals surface area contributed by atoms with Gasteiger partial charge in [-0.25, -0.2) is 19.2 Å². The summed E-state index contributed by atoms with van der Waals surface area (Å²) >= 11 is 0. The van der Waals surface area contributed by atoms with Gasteiger partial charge in [-0.3, -0.25) is 15.2 Å². The van der Waals surface area contributed by atoms with Crippen molar-refractivity contribution in [1.82, 2.24) is 30.0 Å². The highest BCUT2D eigenvalue weighted by molar-refractivity contribution is 6.11. The minimum Gasteiger partial charge on any atom is -0.497 e. The van der Waals surface area contributed by atoms with Gasteiger partial charge in [0.25, 0.3) is 11.9 Å². The Labute approximate surface area is 250 Å². The monoisotopic (exact) mass is 597 g/mol. The number of nitrogens with zero attached hydrogens (tertiary/aromatic N) is 4. The first-order chi connectivity index (χ1) is 21.4. The molecular formula is C31H28FN7O5. The Hall–Kier alpha value is -5.69. The first-order valence-electron chi connectivity index (χ1n) is 13.5. The molecule has 0 aliphatic carbocycles. The summed E-state index contributed by atoms with van der Waals surface area (Å²) in [4.78, 5) is 36.2. The van der Waals surface area contributed by atoms with Crippen LogP contribution in [0.5, 0.6) is 11.5 Å². The number of H-pyrrole nitrogens is 1. The fourth-order valence-corrected chi connectivity index (χ4v) is 4.50. The minimum atomic E-state index is -0.845. The number of rotatable bonds is 11. The molecule has 1 unspecified atom stereocenters. The smallest absolute Gasteiger partial charge is 0.350 e. The molecule has 5 rings (SSSR count). The molecule has 4 N–H and O–H groups in total. The second kappa shape index (κ2) is 13.5. The van der Waals surface area contributed by atoms with Gasteiger partial charge in [-0.2, -0.15) is 0 Å². The van der Waals surface area contributed by atoms with Crippen molar-refractivity contribution in [2.24, 2.45) is 0 Å². The quantitative estimate of drug-likeness (QED) is 0.133. The van der Waals surface area contributed by atoms with Gasteiger partial charge in [-0.1, -0.05) is 42.5 Å². The summed E-state index contributed by atoms with van der Waals surface area (Å²) < 4.78 is 27.7. The second-order valence-electron chi connectivity index (χ2n) is 9.53. The number of nitrogens with one attached hydrogen (secondary N) is 3. The summed E-state index contributed by atoms with van der Waals surface area (Å²) in [5, 5.41) is 24.6. The summed E-state index contributed by atoms with van der Waals surface area (Å²) in [6.07, 6.45) is 3.10. The molecule has 3 aromatic carbocycles. The molecule has 0 spiro atoms. The van der Waals surface area contributed by atoms with Crippen LogP contribution >= 0.6 is 0 Å². The van der Waals surface area contributed by atoms with Crippen molar-refractivity contribution in [1.29, 1.82) is 5.41 Å². The largest absolute Gasteiger partial charge is 0.497 e. The summed E-state index contributed by atoms with van der Waals surface area (Å²) in [5.41, 5.74) is 1.11. The van der Waals surface area contributed by atoms with Gasteiger partial charge in [-0.05, 0) is 36.2 Å². The predicted octanol–water partition coefficient (Wildman–Crippen LogP) is 3.00. The van der Waals surface area contributed by atoms with Crippen molar-refractivity contribution in [3.63, 3.8) is 0 Å². The first-order valence-corrected chi connectivity index (χ1v) is 13.5. The van der Waals surface area contributed by atoms with E-state index < -0.39 is 23.3 Å². The van der Waals surface area contributed by atoms with E-state index in [0.29, 0.717) is 22.4 Å². The van der Waals surface area contributed by atoms with Crippen molar-refractivity contribution in [3.05, 3.63) is 130 Å². The van der Waals surface area contributed by atoms with Gasteiger partial charge in [0, 0.05) is 35.2 Å². The van der Waals surface area contributed by atoms with Gasteiger partial charge in [0.15, 0.2) is 11.6 Å². The Balaban J connectivity index is 1.49. The zero-order valence-electron chi connectivity index (χ0n) is 23.5. The maximum absolute atomic E-state index is 15.9. The first kappa shape index (κ1) is 29.8. The van der Waals surface area contributed by atoms with E-state index in [-0.39, 0.29) is 48.6 Å². The molecule has 44 heavy (non-hydrogen) atoms. The maximum atomic E-state index is 15.9. The topological polar surface area (TPSA) is 168 Å². The molecule has 2 heterocycles. The lowest BCUT2D eigenvalue weighted by molar-refractivity contribution is 0.0977. The third-order valence-electron chi connectivity index (χ3n) is 6.66. The van der Waals surface area contributed by atoms with E-state index in [4.69, 9.17) is 14.9 Å². The average molecular weight is 598 g/mol. The Morgan fingerprint density at radius 1 is 1.07 bits per heavy atom. The number of hydrogen-bond donors (Lipinski definition) is 4. The van der Waals surface area contributed by atoms with Crippen LogP contribution in [0.25, 0.3) is 5.95 Å².